The maximum atomic E-state index is 5.97. The van der Waals surface area contributed by atoms with Crippen molar-refractivity contribution >= 4 is 23.2 Å². The number of hydrogen-bond donors (Lipinski definition) is 0. The molecule has 0 N–H and O–H groups in total. The largest absolute Gasteiger partial charge is 0.489 e. The van der Waals surface area contributed by atoms with E-state index in [0.29, 0.717) is 22.4 Å². The van der Waals surface area contributed by atoms with Gasteiger partial charge in [0.25, 0.3) is 0 Å². The highest BCUT2D eigenvalue weighted by Crippen LogP contribution is 2.32. The van der Waals surface area contributed by atoms with Crippen LogP contribution in [0.25, 0.3) is 0 Å². The molecule has 2 aromatic rings. The summed E-state index contributed by atoms with van der Waals surface area (Å²) in [6, 6.07) is 9.27. The molecule has 0 fully saturated rings. The van der Waals surface area contributed by atoms with Gasteiger partial charge in [-0.1, -0.05) is 29.3 Å². The average molecular weight is 256 g/mol. The Hall–Kier alpha value is -1.12. The molecule has 0 aliphatic heterocycles. The van der Waals surface area contributed by atoms with E-state index in [-0.39, 0.29) is 0 Å². The molecule has 0 saturated heterocycles. The Kier molecular flexibility index (Phi) is 3.75. The Morgan fingerprint density at radius 3 is 2.25 bits per heavy atom. The van der Waals surface area contributed by atoms with Gasteiger partial charge in [-0.2, -0.15) is 0 Å². The van der Waals surface area contributed by atoms with E-state index in [2.05, 4.69) is 0 Å². The molecular weight excluding hydrogens is 245 g/mol. The van der Waals surface area contributed by atoms with Gasteiger partial charge < -0.3 is 9.30 Å². The van der Waals surface area contributed by atoms with Gasteiger partial charge in [-0.3, -0.25) is 0 Å². The van der Waals surface area contributed by atoms with E-state index in [1.165, 1.54) is 0 Å². The molecule has 0 bridgehead atoms. The number of para-hydroxylation sites is 1. The fourth-order valence-electron chi connectivity index (χ4n) is 1.39. The first-order valence-electron chi connectivity index (χ1n) is 4.95. The summed E-state index contributed by atoms with van der Waals surface area (Å²) >= 11 is 11.9. The molecule has 0 saturated carbocycles. The molecule has 0 aliphatic rings. The zero-order chi connectivity index (χ0) is 11.4. The monoisotopic (exact) mass is 255 g/mol. The molecule has 0 amide bonds. The summed E-state index contributed by atoms with van der Waals surface area (Å²) in [5, 5.41) is 1.08. The summed E-state index contributed by atoms with van der Waals surface area (Å²) in [5.74, 6) is 0.554. The Balaban J connectivity index is 1.95. The van der Waals surface area contributed by atoms with Crippen LogP contribution >= 0.6 is 23.2 Å². The van der Waals surface area contributed by atoms with E-state index in [0.717, 1.165) is 6.54 Å². The fourth-order valence-corrected chi connectivity index (χ4v) is 1.90. The van der Waals surface area contributed by atoms with Crippen LogP contribution in [0.1, 0.15) is 0 Å². The van der Waals surface area contributed by atoms with Crippen molar-refractivity contribution in [1.82, 2.24) is 4.57 Å². The molecule has 1 aromatic heterocycles. The van der Waals surface area contributed by atoms with Crippen LogP contribution in [-0.4, -0.2) is 11.2 Å². The topological polar surface area (TPSA) is 14.2 Å². The normalized spacial score (nSPS) is 10.4. The first-order valence-corrected chi connectivity index (χ1v) is 5.70. The number of ether oxygens (including phenoxy) is 1. The molecule has 1 aromatic carbocycles. The first kappa shape index (κ1) is 11.4. The van der Waals surface area contributed by atoms with Gasteiger partial charge in [-0.15, -0.1) is 0 Å². The van der Waals surface area contributed by atoms with E-state index in [4.69, 9.17) is 27.9 Å². The summed E-state index contributed by atoms with van der Waals surface area (Å²) < 4.78 is 7.59. The zero-order valence-corrected chi connectivity index (χ0v) is 10.1. The van der Waals surface area contributed by atoms with Crippen molar-refractivity contribution in [1.29, 1.82) is 0 Å². The molecule has 0 unspecified atom stereocenters. The van der Waals surface area contributed by atoms with Crippen molar-refractivity contribution in [2.75, 3.05) is 6.61 Å². The van der Waals surface area contributed by atoms with Crippen LogP contribution < -0.4 is 4.74 Å². The Morgan fingerprint density at radius 2 is 1.62 bits per heavy atom. The second kappa shape index (κ2) is 5.28. The van der Waals surface area contributed by atoms with Gasteiger partial charge in [-0.05, 0) is 24.3 Å². The van der Waals surface area contributed by atoms with Crippen LogP contribution in [0.5, 0.6) is 5.75 Å². The number of aromatic nitrogens is 1. The predicted octanol–water partition coefficient (Wildman–Crippen LogP) is 3.87. The molecule has 1 heterocycles. The van der Waals surface area contributed by atoms with Crippen molar-refractivity contribution in [3.8, 4) is 5.75 Å². The van der Waals surface area contributed by atoms with Crippen LogP contribution in [0.3, 0.4) is 0 Å². The fraction of sp³-hybridized carbons (Fsp3) is 0.167. The number of halogens is 2. The maximum Gasteiger partial charge on any atom is 0.156 e. The van der Waals surface area contributed by atoms with Gasteiger partial charge in [0.2, 0.25) is 0 Å². The van der Waals surface area contributed by atoms with Crippen LogP contribution in [-0.2, 0) is 6.54 Å². The molecule has 0 atom stereocenters. The van der Waals surface area contributed by atoms with E-state index in [1.54, 1.807) is 18.2 Å². The second-order valence-corrected chi connectivity index (χ2v) is 4.13. The van der Waals surface area contributed by atoms with Crippen molar-refractivity contribution in [2.24, 2.45) is 0 Å². The van der Waals surface area contributed by atoms with Crippen LogP contribution in [0.2, 0.25) is 10.0 Å². The summed E-state index contributed by atoms with van der Waals surface area (Å²) in [5.41, 5.74) is 0. The Bertz CT molecular complexity index is 434. The molecule has 0 radical (unpaired) electrons. The van der Waals surface area contributed by atoms with Gasteiger partial charge in [0, 0.05) is 12.4 Å². The lowest BCUT2D eigenvalue weighted by Gasteiger charge is -2.09. The van der Waals surface area contributed by atoms with Gasteiger partial charge >= 0.3 is 0 Å². The summed E-state index contributed by atoms with van der Waals surface area (Å²) in [6.45, 7) is 1.31. The lowest BCUT2D eigenvalue weighted by atomic mass is 10.3. The zero-order valence-electron chi connectivity index (χ0n) is 8.57. The van der Waals surface area contributed by atoms with Gasteiger partial charge in [-0.25, -0.2) is 0 Å². The quantitative estimate of drug-likeness (QED) is 0.809. The molecule has 16 heavy (non-hydrogen) atoms. The van der Waals surface area contributed by atoms with Crippen LogP contribution in [0.4, 0.5) is 0 Å². The number of rotatable bonds is 4. The SMILES string of the molecule is Clc1cccc(Cl)c1OCCn1cccc1. The molecule has 0 spiro atoms. The van der Waals surface area contributed by atoms with Gasteiger partial charge in [0.15, 0.2) is 5.75 Å². The Morgan fingerprint density at radius 1 is 1.00 bits per heavy atom. The molecule has 0 aliphatic carbocycles. The van der Waals surface area contributed by atoms with Crippen molar-refractivity contribution in [3.05, 3.63) is 52.8 Å². The van der Waals surface area contributed by atoms with Gasteiger partial charge in [0.05, 0.1) is 16.6 Å². The minimum absolute atomic E-state index is 0.540. The lowest BCUT2D eigenvalue weighted by molar-refractivity contribution is 0.299. The molecule has 2 rings (SSSR count). The number of hydrogen-bond acceptors (Lipinski definition) is 1. The van der Waals surface area contributed by atoms with Crippen LogP contribution in [0.15, 0.2) is 42.7 Å². The summed E-state index contributed by atoms with van der Waals surface area (Å²) in [6.07, 6.45) is 3.97. The van der Waals surface area contributed by atoms with Gasteiger partial charge in [0.1, 0.15) is 6.61 Å². The first-order chi connectivity index (χ1) is 7.77. The molecule has 84 valence electrons. The van der Waals surface area contributed by atoms with Crippen molar-refractivity contribution in [2.45, 2.75) is 6.54 Å². The van der Waals surface area contributed by atoms with E-state index in [1.807, 2.05) is 29.1 Å². The maximum absolute atomic E-state index is 5.97. The lowest BCUT2D eigenvalue weighted by Crippen LogP contribution is -2.06. The molecule has 2 nitrogen and oxygen atoms in total. The third-order valence-corrected chi connectivity index (χ3v) is 2.78. The Labute approximate surface area is 104 Å². The average Bonchev–Trinajstić information content (AvgIpc) is 2.75. The highest BCUT2D eigenvalue weighted by molar-refractivity contribution is 6.37. The second-order valence-electron chi connectivity index (χ2n) is 3.32. The van der Waals surface area contributed by atoms with E-state index < -0.39 is 0 Å². The minimum atomic E-state index is 0.540. The standard InChI is InChI=1S/C12H11Cl2NO/c13-10-4-3-5-11(14)12(10)16-9-8-15-6-1-2-7-15/h1-7H,8-9H2. The number of nitrogens with zero attached hydrogens (tertiary/aromatic N) is 1. The highest BCUT2D eigenvalue weighted by Gasteiger charge is 2.05. The summed E-state index contributed by atoms with van der Waals surface area (Å²) in [7, 11) is 0. The smallest absolute Gasteiger partial charge is 0.156 e. The molecule has 4 heteroatoms. The summed E-state index contributed by atoms with van der Waals surface area (Å²) in [4.78, 5) is 0. The third-order valence-electron chi connectivity index (χ3n) is 2.18. The minimum Gasteiger partial charge on any atom is -0.489 e. The highest BCUT2D eigenvalue weighted by atomic mass is 35.5. The predicted molar refractivity (Wildman–Crippen MR) is 66.4 cm³/mol. The van der Waals surface area contributed by atoms with Crippen molar-refractivity contribution in [3.63, 3.8) is 0 Å². The molecular formula is C12H11Cl2NO. The number of benzene rings is 1. The van der Waals surface area contributed by atoms with E-state index >= 15 is 0 Å². The van der Waals surface area contributed by atoms with Crippen LogP contribution in [0, 0.1) is 0 Å². The van der Waals surface area contributed by atoms with E-state index in [9.17, 15) is 0 Å². The third kappa shape index (κ3) is 2.71. The van der Waals surface area contributed by atoms with Crippen molar-refractivity contribution < 1.29 is 4.74 Å².